The van der Waals surface area contributed by atoms with Crippen molar-refractivity contribution in [2.75, 3.05) is 5.32 Å². The van der Waals surface area contributed by atoms with E-state index < -0.39 is 0 Å². The van der Waals surface area contributed by atoms with Crippen LogP contribution < -0.4 is 10.6 Å². The van der Waals surface area contributed by atoms with E-state index in [1.54, 1.807) is 24.3 Å². The highest BCUT2D eigenvalue weighted by atomic mass is 16.3. The fourth-order valence-corrected chi connectivity index (χ4v) is 2.71. The number of hydrogen-bond acceptors (Lipinski definition) is 4. The fourth-order valence-electron chi connectivity index (χ4n) is 2.71. The molecule has 4 rings (SSSR count). The number of aromatic nitrogens is 2. The molecule has 0 aliphatic carbocycles. The largest absolute Gasteiger partial charge is 0.459 e. The molecule has 0 aliphatic heterocycles. The molecule has 134 valence electrons. The summed E-state index contributed by atoms with van der Waals surface area (Å²) in [6.07, 6.45) is 1.45. The van der Waals surface area contributed by atoms with Crippen LogP contribution in [-0.2, 0) is 6.54 Å². The van der Waals surface area contributed by atoms with Gasteiger partial charge in [0.15, 0.2) is 11.5 Å². The van der Waals surface area contributed by atoms with Crippen molar-refractivity contribution in [3.8, 4) is 0 Å². The van der Waals surface area contributed by atoms with Crippen molar-refractivity contribution >= 4 is 28.4 Å². The molecule has 2 aromatic carbocycles. The standard InChI is InChI=1S/C20H16N4O3/c25-19(17-6-3-11-27-17)22-14-9-7-13(8-10-14)12-21-20(26)18-15-4-1-2-5-16(15)23-24-18/h1-11H,12H2,(H,21,26)(H,22,25)(H,23,24). The Morgan fingerprint density at radius 3 is 2.56 bits per heavy atom. The lowest BCUT2D eigenvalue weighted by molar-refractivity contribution is 0.0946. The lowest BCUT2D eigenvalue weighted by Crippen LogP contribution is -2.23. The number of H-pyrrole nitrogens is 1. The predicted octanol–water partition coefficient (Wildman–Crippen LogP) is 3.34. The third kappa shape index (κ3) is 3.57. The molecule has 0 saturated heterocycles. The molecular weight excluding hydrogens is 344 g/mol. The number of amides is 2. The zero-order valence-corrected chi connectivity index (χ0v) is 14.2. The molecule has 4 aromatic rings. The number of benzene rings is 2. The summed E-state index contributed by atoms with van der Waals surface area (Å²) >= 11 is 0. The van der Waals surface area contributed by atoms with Crippen molar-refractivity contribution in [1.29, 1.82) is 0 Å². The average Bonchev–Trinajstić information content (AvgIpc) is 3.37. The monoisotopic (exact) mass is 360 g/mol. The van der Waals surface area contributed by atoms with Crippen LogP contribution >= 0.6 is 0 Å². The first-order valence-electron chi connectivity index (χ1n) is 8.36. The maximum Gasteiger partial charge on any atom is 0.291 e. The molecule has 0 bridgehead atoms. The van der Waals surface area contributed by atoms with E-state index in [9.17, 15) is 9.59 Å². The van der Waals surface area contributed by atoms with Gasteiger partial charge in [0, 0.05) is 17.6 Å². The molecule has 2 aromatic heterocycles. The van der Waals surface area contributed by atoms with Crippen LogP contribution in [0.5, 0.6) is 0 Å². The van der Waals surface area contributed by atoms with E-state index in [4.69, 9.17) is 4.42 Å². The van der Waals surface area contributed by atoms with Crippen molar-refractivity contribution < 1.29 is 14.0 Å². The minimum absolute atomic E-state index is 0.248. The summed E-state index contributed by atoms with van der Waals surface area (Å²) in [7, 11) is 0. The van der Waals surface area contributed by atoms with Crippen LogP contribution in [0.2, 0.25) is 0 Å². The fraction of sp³-hybridized carbons (Fsp3) is 0.0500. The summed E-state index contributed by atoms with van der Waals surface area (Å²) in [6.45, 7) is 0.354. The molecule has 27 heavy (non-hydrogen) atoms. The van der Waals surface area contributed by atoms with Crippen LogP contribution in [0.1, 0.15) is 26.6 Å². The molecular formula is C20H16N4O3. The van der Waals surface area contributed by atoms with Gasteiger partial charge in [-0.05, 0) is 35.9 Å². The first kappa shape index (κ1) is 16.6. The Morgan fingerprint density at radius 2 is 1.78 bits per heavy atom. The molecule has 2 amide bonds. The molecule has 0 fully saturated rings. The Kier molecular flexibility index (Phi) is 4.40. The van der Waals surface area contributed by atoms with Crippen LogP contribution in [0.25, 0.3) is 10.9 Å². The minimum Gasteiger partial charge on any atom is -0.459 e. The first-order chi connectivity index (χ1) is 13.2. The smallest absolute Gasteiger partial charge is 0.291 e. The van der Waals surface area contributed by atoms with Crippen molar-refractivity contribution in [3.05, 3.63) is 83.9 Å². The van der Waals surface area contributed by atoms with Crippen LogP contribution in [0.4, 0.5) is 5.69 Å². The lowest BCUT2D eigenvalue weighted by atomic mass is 10.2. The van der Waals surface area contributed by atoms with Crippen molar-refractivity contribution in [2.45, 2.75) is 6.54 Å². The lowest BCUT2D eigenvalue weighted by Gasteiger charge is -2.06. The van der Waals surface area contributed by atoms with E-state index in [2.05, 4.69) is 20.8 Å². The van der Waals surface area contributed by atoms with Gasteiger partial charge in [-0.25, -0.2) is 0 Å². The Hall–Kier alpha value is -3.87. The topological polar surface area (TPSA) is 100 Å². The third-order valence-corrected chi connectivity index (χ3v) is 4.10. The number of hydrogen-bond donors (Lipinski definition) is 3. The molecule has 0 radical (unpaired) electrons. The van der Waals surface area contributed by atoms with Gasteiger partial charge in [0.2, 0.25) is 0 Å². The first-order valence-corrected chi connectivity index (χ1v) is 8.36. The second-order valence-corrected chi connectivity index (χ2v) is 5.93. The van der Waals surface area contributed by atoms with E-state index in [1.807, 2.05) is 36.4 Å². The van der Waals surface area contributed by atoms with Gasteiger partial charge in [0.25, 0.3) is 11.8 Å². The number of furan rings is 1. The van der Waals surface area contributed by atoms with Gasteiger partial charge in [0.05, 0.1) is 11.8 Å². The number of rotatable bonds is 5. The molecule has 3 N–H and O–H groups in total. The highest BCUT2D eigenvalue weighted by molar-refractivity contribution is 6.04. The maximum absolute atomic E-state index is 12.4. The van der Waals surface area contributed by atoms with E-state index >= 15 is 0 Å². The van der Waals surface area contributed by atoms with Crippen molar-refractivity contribution in [2.24, 2.45) is 0 Å². The Labute approximate surface area is 154 Å². The highest BCUT2D eigenvalue weighted by Crippen LogP contribution is 2.15. The normalized spacial score (nSPS) is 10.7. The van der Waals surface area contributed by atoms with Crippen LogP contribution in [-0.4, -0.2) is 22.0 Å². The van der Waals surface area contributed by atoms with Crippen molar-refractivity contribution in [1.82, 2.24) is 15.5 Å². The number of carbonyl (C=O) groups is 2. The summed E-state index contributed by atoms with van der Waals surface area (Å²) in [4.78, 5) is 24.3. The van der Waals surface area contributed by atoms with Crippen LogP contribution in [0.15, 0.2) is 71.3 Å². The molecule has 7 heteroatoms. The Morgan fingerprint density at radius 1 is 0.963 bits per heavy atom. The summed E-state index contributed by atoms with van der Waals surface area (Å²) in [5.41, 5.74) is 2.73. The number of fused-ring (bicyclic) bond motifs is 1. The summed E-state index contributed by atoms with van der Waals surface area (Å²) in [5.74, 6) is -0.313. The number of aromatic amines is 1. The molecule has 0 unspecified atom stereocenters. The van der Waals surface area contributed by atoms with Crippen molar-refractivity contribution in [3.63, 3.8) is 0 Å². The van der Waals surface area contributed by atoms with Gasteiger partial charge in [-0.15, -0.1) is 0 Å². The number of anilines is 1. The summed E-state index contributed by atoms with van der Waals surface area (Å²) < 4.78 is 5.05. The maximum atomic E-state index is 12.4. The van der Waals surface area contributed by atoms with Crippen LogP contribution in [0.3, 0.4) is 0 Å². The third-order valence-electron chi connectivity index (χ3n) is 4.10. The predicted molar refractivity (Wildman–Crippen MR) is 100 cm³/mol. The van der Waals surface area contributed by atoms with E-state index in [1.165, 1.54) is 6.26 Å². The Bertz CT molecular complexity index is 1080. The molecule has 0 aliphatic rings. The number of para-hydroxylation sites is 1. The average molecular weight is 360 g/mol. The summed E-state index contributed by atoms with van der Waals surface area (Å²) in [6, 6.07) is 17.9. The van der Waals surface area contributed by atoms with E-state index in [0.29, 0.717) is 17.9 Å². The van der Waals surface area contributed by atoms with E-state index in [-0.39, 0.29) is 17.6 Å². The van der Waals surface area contributed by atoms with E-state index in [0.717, 1.165) is 16.5 Å². The zero-order valence-electron chi connectivity index (χ0n) is 14.2. The molecule has 0 spiro atoms. The number of carbonyl (C=O) groups excluding carboxylic acids is 2. The second-order valence-electron chi connectivity index (χ2n) is 5.93. The SMILES string of the molecule is O=C(Nc1ccc(CNC(=O)c2n[nH]c3ccccc23)cc1)c1ccco1. The second kappa shape index (κ2) is 7.17. The van der Waals surface area contributed by atoms with Gasteiger partial charge < -0.3 is 15.1 Å². The minimum atomic E-state index is -0.313. The molecule has 2 heterocycles. The van der Waals surface area contributed by atoms with Gasteiger partial charge >= 0.3 is 0 Å². The van der Waals surface area contributed by atoms with Gasteiger partial charge in [-0.2, -0.15) is 5.10 Å². The number of nitrogens with zero attached hydrogens (tertiary/aromatic N) is 1. The molecule has 0 atom stereocenters. The van der Waals surface area contributed by atoms with Gasteiger partial charge in [0.1, 0.15) is 0 Å². The molecule has 0 saturated carbocycles. The van der Waals surface area contributed by atoms with Gasteiger partial charge in [-0.1, -0.05) is 30.3 Å². The summed E-state index contributed by atoms with van der Waals surface area (Å²) in [5, 5.41) is 13.3. The Balaban J connectivity index is 1.37. The molecule has 7 nitrogen and oxygen atoms in total. The van der Waals surface area contributed by atoms with Gasteiger partial charge in [-0.3, -0.25) is 14.7 Å². The van der Waals surface area contributed by atoms with Crippen LogP contribution in [0, 0.1) is 0 Å². The quantitative estimate of drug-likeness (QED) is 0.508. The highest BCUT2D eigenvalue weighted by Gasteiger charge is 2.13. The number of nitrogens with one attached hydrogen (secondary N) is 3. The zero-order chi connectivity index (χ0) is 18.6.